The molecule has 6 rings (SSSR count). The number of carbonyl (C=O) groups is 2. The van der Waals surface area contributed by atoms with Crippen LogP contribution in [0.3, 0.4) is 0 Å². The Labute approximate surface area is 264 Å². The monoisotopic (exact) mass is 616 g/mol. The molecular formula is C34H44N6O3S. The van der Waals surface area contributed by atoms with Gasteiger partial charge in [0.1, 0.15) is 21.5 Å². The first kappa shape index (κ1) is 30.7. The largest absolute Gasteiger partial charge is 0.457 e. The molecule has 0 saturated carbocycles. The number of rotatable bonds is 9. The molecule has 1 aromatic heterocycles. The summed E-state index contributed by atoms with van der Waals surface area (Å²) in [5.74, 6) is 1.68. The van der Waals surface area contributed by atoms with Gasteiger partial charge in [0, 0.05) is 67.3 Å². The first-order valence-corrected chi connectivity index (χ1v) is 16.9. The zero-order chi connectivity index (χ0) is 30.6. The molecule has 0 aliphatic carbocycles. The highest BCUT2D eigenvalue weighted by Crippen LogP contribution is 2.32. The zero-order valence-corrected chi connectivity index (χ0v) is 26.9. The number of benzene rings is 2. The topological polar surface area (TPSA) is 90.9 Å². The fourth-order valence-electron chi connectivity index (χ4n) is 6.41. The first-order valence-electron chi connectivity index (χ1n) is 16.1. The van der Waals surface area contributed by atoms with Gasteiger partial charge in [-0.3, -0.25) is 9.59 Å². The molecule has 3 aliphatic heterocycles. The number of hydrogen-bond donors (Lipinski definition) is 1. The lowest BCUT2D eigenvalue weighted by Gasteiger charge is -2.41. The number of ether oxygens (including phenoxy) is 1. The molecule has 0 radical (unpaired) electrons. The molecule has 4 heterocycles. The highest BCUT2D eigenvalue weighted by molar-refractivity contribution is 7.14. The Kier molecular flexibility index (Phi) is 9.59. The molecule has 234 valence electrons. The van der Waals surface area contributed by atoms with Crippen LogP contribution in [-0.4, -0.2) is 88.6 Å². The van der Waals surface area contributed by atoms with Gasteiger partial charge in [-0.25, -0.2) is 0 Å². The van der Waals surface area contributed by atoms with Gasteiger partial charge in [-0.15, -0.1) is 10.2 Å². The predicted molar refractivity (Wildman–Crippen MR) is 173 cm³/mol. The van der Waals surface area contributed by atoms with Gasteiger partial charge in [0.25, 0.3) is 5.91 Å². The number of hydrogen-bond acceptors (Lipinski definition) is 8. The van der Waals surface area contributed by atoms with Crippen molar-refractivity contribution in [2.24, 2.45) is 0 Å². The molecule has 3 saturated heterocycles. The van der Waals surface area contributed by atoms with E-state index in [9.17, 15) is 9.59 Å². The minimum Gasteiger partial charge on any atom is -0.457 e. The van der Waals surface area contributed by atoms with Crippen molar-refractivity contribution in [2.45, 2.75) is 76.9 Å². The number of aromatic nitrogens is 2. The summed E-state index contributed by atoms with van der Waals surface area (Å²) in [6, 6.07) is 14.3. The van der Waals surface area contributed by atoms with E-state index in [0.29, 0.717) is 42.0 Å². The molecule has 9 nitrogen and oxygen atoms in total. The van der Waals surface area contributed by atoms with E-state index in [2.05, 4.69) is 46.2 Å². The van der Waals surface area contributed by atoms with E-state index in [1.165, 1.54) is 25.9 Å². The summed E-state index contributed by atoms with van der Waals surface area (Å²) in [5, 5.41) is 13.8. The number of amides is 2. The van der Waals surface area contributed by atoms with E-state index in [-0.39, 0.29) is 17.9 Å². The van der Waals surface area contributed by atoms with Crippen LogP contribution in [0.5, 0.6) is 11.5 Å². The van der Waals surface area contributed by atoms with Crippen molar-refractivity contribution in [2.75, 3.05) is 39.8 Å². The number of piperidine rings is 2. The second-order valence-electron chi connectivity index (χ2n) is 12.8. The lowest BCUT2D eigenvalue weighted by atomic mass is 9.98. The fourth-order valence-corrected chi connectivity index (χ4v) is 7.26. The second kappa shape index (κ2) is 13.7. The molecule has 0 unspecified atom stereocenters. The number of nitrogens with zero attached hydrogens (tertiary/aromatic N) is 5. The molecule has 3 aliphatic rings. The van der Waals surface area contributed by atoms with Crippen LogP contribution in [0.2, 0.25) is 0 Å². The second-order valence-corrected chi connectivity index (χ2v) is 13.8. The summed E-state index contributed by atoms with van der Waals surface area (Å²) in [7, 11) is 2.20. The van der Waals surface area contributed by atoms with E-state index in [1.807, 2.05) is 47.4 Å². The normalized spacial score (nSPS) is 19.2. The Morgan fingerprint density at radius 2 is 1.75 bits per heavy atom. The molecule has 0 atom stereocenters. The van der Waals surface area contributed by atoms with Crippen LogP contribution in [0.25, 0.3) is 10.6 Å². The van der Waals surface area contributed by atoms with Gasteiger partial charge in [0.2, 0.25) is 5.91 Å². The minimum absolute atomic E-state index is 0.0797. The maximum absolute atomic E-state index is 13.4. The lowest BCUT2D eigenvalue weighted by molar-refractivity contribution is -0.128. The van der Waals surface area contributed by atoms with Gasteiger partial charge in [0.15, 0.2) is 0 Å². The summed E-state index contributed by atoms with van der Waals surface area (Å²) in [6.45, 7) is 9.83. The number of carbonyl (C=O) groups excluding carboxylic acids is 2. The van der Waals surface area contributed by atoms with Crippen LogP contribution in [0.15, 0.2) is 42.5 Å². The molecule has 10 heteroatoms. The Morgan fingerprint density at radius 3 is 2.41 bits per heavy atom. The zero-order valence-electron chi connectivity index (χ0n) is 26.1. The summed E-state index contributed by atoms with van der Waals surface area (Å²) in [6.07, 6.45) is 5.86. The van der Waals surface area contributed by atoms with Crippen LogP contribution < -0.4 is 10.1 Å². The highest BCUT2D eigenvalue weighted by atomic mass is 32.1. The van der Waals surface area contributed by atoms with Crippen molar-refractivity contribution < 1.29 is 14.3 Å². The molecule has 0 spiro atoms. The van der Waals surface area contributed by atoms with E-state index < -0.39 is 0 Å². The predicted octanol–water partition coefficient (Wildman–Crippen LogP) is 5.53. The molecule has 3 aromatic rings. The SMILES string of the molecule is CC(C)c1nnc(-c2ccc(Oc3cc(C(=O)NC4CCN(C5CCN(C)CC5)CC4)ccc3CN3CCCC3=O)cc2)s1. The maximum atomic E-state index is 13.4. The molecule has 1 N–H and O–H groups in total. The Hall–Kier alpha value is -3.34. The third-order valence-electron chi connectivity index (χ3n) is 9.19. The summed E-state index contributed by atoms with van der Waals surface area (Å²) in [4.78, 5) is 32.7. The molecule has 3 fully saturated rings. The average molecular weight is 617 g/mol. The number of likely N-dealkylation sites (tertiary alicyclic amines) is 3. The Bertz CT molecular complexity index is 1440. The summed E-state index contributed by atoms with van der Waals surface area (Å²) >= 11 is 1.60. The van der Waals surface area contributed by atoms with Crippen LogP contribution >= 0.6 is 11.3 Å². The standard InChI is InChI=1S/C34H44N6O3S/c1-23(2)33-36-37-34(44-33)24-8-10-29(11-9-24)43-30-21-25(6-7-26(30)22-40-16-4-5-31(40)41)32(42)35-27-12-19-39(20-13-27)28-14-17-38(3)18-15-28/h6-11,21,23,27-28H,4-5,12-20,22H2,1-3H3,(H,35,42). The fraction of sp³-hybridized carbons (Fsp3) is 0.529. The van der Waals surface area contributed by atoms with Gasteiger partial charge < -0.3 is 24.8 Å². The lowest BCUT2D eigenvalue weighted by Crippen LogP contribution is -2.50. The van der Waals surface area contributed by atoms with Gasteiger partial charge in [-0.05, 0) is 88.6 Å². The average Bonchev–Trinajstić information content (AvgIpc) is 3.69. The quantitative estimate of drug-likeness (QED) is 0.338. The van der Waals surface area contributed by atoms with Gasteiger partial charge in [-0.2, -0.15) is 0 Å². The Morgan fingerprint density at radius 1 is 1.00 bits per heavy atom. The van der Waals surface area contributed by atoms with Gasteiger partial charge in [0.05, 0.1) is 0 Å². The van der Waals surface area contributed by atoms with E-state index in [0.717, 1.165) is 60.0 Å². The Balaban J connectivity index is 1.13. The summed E-state index contributed by atoms with van der Waals surface area (Å²) in [5.41, 5.74) is 2.44. The molecular weight excluding hydrogens is 572 g/mol. The molecule has 44 heavy (non-hydrogen) atoms. The van der Waals surface area contributed by atoms with E-state index in [1.54, 1.807) is 11.3 Å². The van der Waals surface area contributed by atoms with E-state index in [4.69, 9.17) is 4.74 Å². The van der Waals surface area contributed by atoms with Crippen molar-refractivity contribution in [3.8, 4) is 22.1 Å². The van der Waals surface area contributed by atoms with Crippen LogP contribution in [0.1, 0.15) is 79.2 Å². The van der Waals surface area contributed by atoms with Crippen molar-refractivity contribution in [1.82, 2.24) is 30.2 Å². The number of nitrogens with one attached hydrogen (secondary N) is 1. The first-order chi connectivity index (χ1) is 21.3. The van der Waals surface area contributed by atoms with Gasteiger partial charge >= 0.3 is 0 Å². The maximum Gasteiger partial charge on any atom is 0.251 e. The van der Waals surface area contributed by atoms with Crippen molar-refractivity contribution in [3.63, 3.8) is 0 Å². The van der Waals surface area contributed by atoms with Crippen LogP contribution in [0.4, 0.5) is 0 Å². The minimum atomic E-state index is -0.0797. The van der Waals surface area contributed by atoms with Gasteiger partial charge in [-0.1, -0.05) is 31.3 Å². The van der Waals surface area contributed by atoms with Crippen LogP contribution in [-0.2, 0) is 11.3 Å². The highest BCUT2D eigenvalue weighted by Gasteiger charge is 2.28. The smallest absolute Gasteiger partial charge is 0.251 e. The molecule has 2 aromatic carbocycles. The van der Waals surface area contributed by atoms with E-state index >= 15 is 0 Å². The van der Waals surface area contributed by atoms with Crippen molar-refractivity contribution >= 4 is 23.2 Å². The third-order valence-corrected chi connectivity index (χ3v) is 10.5. The third kappa shape index (κ3) is 7.30. The van der Waals surface area contributed by atoms with Crippen molar-refractivity contribution in [1.29, 1.82) is 0 Å². The van der Waals surface area contributed by atoms with Crippen molar-refractivity contribution in [3.05, 3.63) is 58.6 Å². The molecule has 0 bridgehead atoms. The molecule has 2 amide bonds. The summed E-state index contributed by atoms with van der Waals surface area (Å²) < 4.78 is 6.40. The van der Waals surface area contributed by atoms with Crippen LogP contribution in [0, 0.1) is 0 Å².